The second-order valence-electron chi connectivity index (χ2n) is 5.59. The van der Waals surface area contributed by atoms with Gasteiger partial charge < -0.3 is 4.74 Å². The van der Waals surface area contributed by atoms with Crippen LogP contribution in [0.4, 0.5) is 0 Å². The van der Waals surface area contributed by atoms with E-state index in [1.165, 1.54) is 18.1 Å². The van der Waals surface area contributed by atoms with E-state index in [0.717, 1.165) is 34.6 Å². The fourth-order valence-electron chi connectivity index (χ4n) is 2.32. The van der Waals surface area contributed by atoms with E-state index in [9.17, 15) is 4.79 Å². The molecule has 2 heterocycles. The number of esters is 1. The summed E-state index contributed by atoms with van der Waals surface area (Å²) in [6.07, 6.45) is 5.12. The minimum absolute atomic E-state index is 0.222. The Morgan fingerprint density at radius 3 is 2.84 bits per heavy atom. The molecule has 130 valence electrons. The molecule has 0 spiro atoms. The normalized spacial score (nSPS) is 12.2. The molecule has 6 nitrogen and oxygen atoms in total. The monoisotopic (exact) mass is 356 g/mol. The summed E-state index contributed by atoms with van der Waals surface area (Å²) in [7, 11) is 0. The van der Waals surface area contributed by atoms with Gasteiger partial charge in [-0.1, -0.05) is 43.3 Å². The molecule has 3 aromatic rings. The summed E-state index contributed by atoms with van der Waals surface area (Å²) in [5.74, 6) is -0.222. The largest absolute Gasteiger partial charge is 0.465 e. The molecular formula is C18H20N4O2S. The molecule has 25 heavy (non-hydrogen) atoms. The lowest BCUT2D eigenvalue weighted by atomic mass is 10.3. The van der Waals surface area contributed by atoms with Crippen molar-refractivity contribution in [2.24, 2.45) is 0 Å². The van der Waals surface area contributed by atoms with Crippen molar-refractivity contribution >= 4 is 28.8 Å². The van der Waals surface area contributed by atoms with Crippen LogP contribution in [0.5, 0.6) is 0 Å². The van der Waals surface area contributed by atoms with Crippen molar-refractivity contribution < 1.29 is 9.53 Å². The van der Waals surface area contributed by atoms with Crippen LogP contribution in [0, 0.1) is 0 Å². The smallest absolute Gasteiger partial charge is 0.319 e. The number of unbranched alkanes of at least 4 members (excludes halogenated alkanes) is 1. The fourth-order valence-corrected chi connectivity index (χ4v) is 3.20. The van der Waals surface area contributed by atoms with E-state index >= 15 is 0 Å². The van der Waals surface area contributed by atoms with Crippen LogP contribution in [-0.4, -0.2) is 37.6 Å². The molecule has 0 aliphatic carbocycles. The summed E-state index contributed by atoms with van der Waals surface area (Å²) in [5.41, 5.74) is 1.65. The van der Waals surface area contributed by atoms with E-state index in [4.69, 9.17) is 4.74 Å². The highest BCUT2D eigenvalue weighted by Crippen LogP contribution is 2.29. The minimum Gasteiger partial charge on any atom is -0.465 e. The summed E-state index contributed by atoms with van der Waals surface area (Å²) in [4.78, 5) is 20.8. The predicted octanol–water partition coefficient (Wildman–Crippen LogP) is 3.64. The number of para-hydroxylation sites is 1. The first-order chi connectivity index (χ1) is 12.2. The Labute approximate surface area is 150 Å². The van der Waals surface area contributed by atoms with Gasteiger partial charge in [0.2, 0.25) is 0 Å². The van der Waals surface area contributed by atoms with Crippen LogP contribution in [0.25, 0.3) is 16.7 Å². The van der Waals surface area contributed by atoms with E-state index in [1.807, 2.05) is 37.3 Å². The first-order valence-corrected chi connectivity index (χ1v) is 9.16. The summed E-state index contributed by atoms with van der Waals surface area (Å²) in [6.45, 7) is 4.36. The molecule has 1 atom stereocenters. The molecule has 0 bridgehead atoms. The predicted molar refractivity (Wildman–Crippen MR) is 97.8 cm³/mol. The van der Waals surface area contributed by atoms with Crippen LogP contribution < -0.4 is 0 Å². The van der Waals surface area contributed by atoms with Gasteiger partial charge in [-0.3, -0.25) is 4.79 Å². The number of carbonyl (C=O) groups excluding carboxylic acids is 1. The molecule has 1 unspecified atom stereocenters. The van der Waals surface area contributed by atoms with Gasteiger partial charge in [-0.25, -0.2) is 14.6 Å². The van der Waals surface area contributed by atoms with E-state index in [0.29, 0.717) is 6.61 Å². The quantitative estimate of drug-likeness (QED) is 0.279. The number of thioether (sulfide) groups is 1. The Morgan fingerprint density at radius 1 is 1.28 bits per heavy atom. The van der Waals surface area contributed by atoms with E-state index < -0.39 is 0 Å². The molecule has 0 amide bonds. The molecule has 0 saturated carbocycles. The molecule has 0 aliphatic heterocycles. The SMILES string of the molecule is CCCCOC(=O)C(C)Sc1ncnc2c1cnn2-c1ccccc1. The zero-order chi connectivity index (χ0) is 17.6. The summed E-state index contributed by atoms with van der Waals surface area (Å²) < 4.78 is 7.05. The van der Waals surface area contributed by atoms with E-state index in [-0.39, 0.29) is 11.2 Å². The highest BCUT2D eigenvalue weighted by molar-refractivity contribution is 8.00. The summed E-state index contributed by atoms with van der Waals surface area (Å²) >= 11 is 1.37. The van der Waals surface area contributed by atoms with Crippen LogP contribution in [0.15, 0.2) is 47.9 Å². The number of aromatic nitrogens is 4. The molecule has 2 aromatic heterocycles. The number of hydrogen-bond donors (Lipinski definition) is 0. The first-order valence-electron chi connectivity index (χ1n) is 8.28. The number of nitrogens with zero attached hydrogens (tertiary/aromatic N) is 4. The van der Waals surface area contributed by atoms with Crippen LogP contribution >= 0.6 is 11.8 Å². The number of rotatable bonds is 7. The molecule has 0 fully saturated rings. The number of fused-ring (bicyclic) bond motifs is 1. The lowest BCUT2D eigenvalue weighted by molar-refractivity contribution is -0.142. The molecule has 0 radical (unpaired) electrons. The van der Waals surface area contributed by atoms with Crippen LogP contribution in [-0.2, 0) is 9.53 Å². The number of ether oxygens (including phenoxy) is 1. The summed E-state index contributed by atoms with van der Waals surface area (Å²) in [5, 5.41) is 5.64. The van der Waals surface area contributed by atoms with Crippen molar-refractivity contribution in [1.29, 1.82) is 0 Å². The van der Waals surface area contributed by atoms with Crippen molar-refractivity contribution in [2.75, 3.05) is 6.61 Å². The average Bonchev–Trinajstić information content (AvgIpc) is 3.07. The standard InChI is InChI=1S/C18H20N4O2S/c1-3-4-10-24-18(23)13(2)25-17-15-11-21-22(16(15)19-12-20-17)14-8-6-5-7-9-14/h5-9,11-13H,3-4,10H2,1-2H3. The van der Waals surface area contributed by atoms with Gasteiger partial charge in [0.1, 0.15) is 16.6 Å². The van der Waals surface area contributed by atoms with Crippen molar-refractivity contribution in [3.63, 3.8) is 0 Å². The summed E-state index contributed by atoms with van der Waals surface area (Å²) in [6, 6.07) is 9.80. The maximum Gasteiger partial charge on any atom is 0.319 e. The van der Waals surface area contributed by atoms with Gasteiger partial charge >= 0.3 is 5.97 Å². The van der Waals surface area contributed by atoms with Gasteiger partial charge in [0.15, 0.2) is 5.65 Å². The van der Waals surface area contributed by atoms with Crippen molar-refractivity contribution in [3.05, 3.63) is 42.9 Å². The van der Waals surface area contributed by atoms with Crippen LogP contribution in [0.2, 0.25) is 0 Å². The minimum atomic E-state index is -0.338. The Bertz CT molecular complexity index is 851. The first kappa shape index (κ1) is 17.4. The maximum atomic E-state index is 12.1. The molecule has 3 rings (SSSR count). The van der Waals surface area contributed by atoms with Gasteiger partial charge in [-0.2, -0.15) is 5.10 Å². The van der Waals surface area contributed by atoms with E-state index in [2.05, 4.69) is 22.0 Å². The average molecular weight is 356 g/mol. The molecular weight excluding hydrogens is 336 g/mol. The number of hydrogen-bond acceptors (Lipinski definition) is 6. The molecule has 1 aromatic carbocycles. The van der Waals surface area contributed by atoms with E-state index in [1.54, 1.807) is 10.9 Å². The highest BCUT2D eigenvalue weighted by atomic mass is 32.2. The second kappa shape index (κ2) is 8.11. The Balaban J connectivity index is 1.81. The topological polar surface area (TPSA) is 69.9 Å². The van der Waals surface area contributed by atoms with Crippen molar-refractivity contribution in [1.82, 2.24) is 19.7 Å². The van der Waals surface area contributed by atoms with Crippen molar-refractivity contribution in [3.8, 4) is 5.69 Å². The molecule has 0 aliphatic rings. The zero-order valence-electron chi connectivity index (χ0n) is 14.3. The Hall–Kier alpha value is -2.41. The van der Waals surface area contributed by atoms with Gasteiger partial charge in [0, 0.05) is 0 Å². The highest BCUT2D eigenvalue weighted by Gasteiger charge is 2.19. The lowest BCUT2D eigenvalue weighted by Crippen LogP contribution is -2.17. The van der Waals surface area contributed by atoms with Crippen molar-refractivity contribution in [2.45, 2.75) is 37.0 Å². The Kier molecular flexibility index (Phi) is 5.65. The van der Waals surface area contributed by atoms with Crippen LogP contribution in [0.3, 0.4) is 0 Å². The third kappa shape index (κ3) is 3.99. The molecule has 0 N–H and O–H groups in total. The second-order valence-corrected chi connectivity index (χ2v) is 6.92. The lowest BCUT2D eigenvalue weighted by Gasteiger charge is -2.11. The number of benzene rings is 1. The van der Waals surface area contributed by atoms with Gasteiger partial charge in [0.05, 0.1) is 23.9 Å². The third-order valence-corrected chi connectivity index (χ3v) is 4.79. The molecule has 7 heteroatoms. The van der Waals surface area contributed by atoms with Gasteiger partial charge in [-0.05, 0) is 25.5 Å². The zero-order valence-corrected chi connectivity index (χ0v) is 15.1. The van der Waals surface area contributed by atoms with Gasteiger partial charge in [-0.15, -0.1) is 0 Å². The maximum absolute atomic E-state index is 12.1. The number of carbonyl (C=O) groups is 1. The third-order valence-electron chi connectivity index (χ3n) is 3.69. The van der Waals surface area contributed by atoms with Crippen LogP contribution in [0.1, 0.15) is 26.7 Å². The molecule has 0 saturated heterocycles. The Morgan fingerprint density at radius 2 is 2.08 bits per heavy atom. The fraction of sp³-hybridized carbons (Fsp3) is 0.333. The van der Waals surface area contributed by atoms with Gasteiger partial charge in [0.25, 0.3) is 0 Å².